The summed E-state index contributed by atoms with van der Waals surface area (Å²) in [6.07, 6.45) is 2.62. The molecule has 0 aliphatic heterocycles. The Morgan fingerprint density at radius 2 is 1.66 bits per heavy atom. The molecule has 10 nitrogen and oxygen atoms in total. The van der Waals surface area contributed by atoms with E-state index in [0.29, 0.717) is 5.56 Å². The highest BCUT2D eigenvalue weighted by Crippen LogP contribution is 2.34. The van der Waals surface area contributed by atoms with Crippen molar-refractivity contribution in [1.29, 1.82) is 0 Å². The van der Waals surface area contributed by atoms with E-state index in [1.807, 2.05) is 0 Å². The molecule has 0 bridgehead atoms. The first-order valence-electron chi connectivity index (χ1n) is 7.92. The van der Waals surface area contributed by atoms with E-state index in [1.54, 1.807) is 0 Å². The van der Waals surface area contributed by atoms with Crippen LogP contribution in [0.2, 0.25) is 0 Å². The SMILES string of the molecule is COC(=O)/C=C/c1ccc(OS(=O)(=O)c2cc([N+](=O)[O-])ccc2OC)c(OC)c1. The van der Waals surface area contributed by atoms with Crippen LogP contribution in [0, 0.1) is 10.1 Å². The van der Waals surface area contributed by atoms with E-state index >= 15 is 0 Å². The van der Waals surface area contributed by atoms with Crippen molar-refractivity contribution < 1.29 is 36.5 Å². The molecule has 0 radical (unpaired) electrons. The second kappa shape index (κ2) is 9.06. The molecule has 0 saturated heterocycles. The minimum absolute atomic E-state index is 0.0602. The van der Waals surface area contributed by atoms with Gasteiger partial charge in [-0.25, -0.2) is 4.79 Å². The van der Waals surface area contributed by atoms with Gasteiger partial charge in [-0.1, -0.05) is 6.07 Å². The largest absolute Gasteiger partial charge is 0.495 e. The first-order valence-corrected chi connectivity index (χ1v) is 9.33. The number of hydrogen-bond donors (Lipinski definition) is 0. The Hall–Kier alpha value is -3.60. The highest BCUT2D eigenvalue weighted by molar-refractivity contribution is 7.87. The third-order valence-electron chi connectivity index (χ3n) is 3.63. The zero-order chi connectivity index (χ0) is 21.6. The maximum absolute atomic E-state index is 12.7. The zero-order valence-electron chi connectivity index (χ0n) is 15.6. The van der Waals surface area contributed by atoms with Crippen molar-refractivity contribution in [1.82, 2.24) is 0 Å². The van der Waals surface area contributed by atoms with Crippen molar-refractivity contribution in [2.75, 3.05) is 21.3 Å². The lowest BCUT2D eigenvalue weighted by molar-refractivity contribution is -0.385. The fourth-order valence-corrected chi connectivity index (χ4v) is 3.35. The van der Waals surface area contributed by atoms with Crippen LogP contribution < -0.4 is 13.7 Å². The fourth-order valence-electron chi connectivity index (χ4n) is 2.23. The number of non-ortho nitro benzene ring substituents is 1. The quantitative estimate of drug-likeness (QED) is 0.207. The third kappa shape index (κ3) is 5.23. The van der Waals surface area contributed by atoms with Crippen molar-refractivity contribution in [3.8, 4) is 17.2 Å². The Morgan fingerprint density at radius 1 is 1.00 bits per heavy atom. The van der Waals surface area contributed by atoms with Gasteiger partial charge in [-0.3, -0.25) is 10.1 Å². The minimum Gasteiger partial charge on any atom is -0.495 e. The summed E-state index contributed by atoms with van der Waals surface area (Å²) in [6.45, 7) is 0. The minimum atomic E-state index is -4.49. The lowest BCUT2D eigenvalue weighted by Gasteiger charge is -2.13. The number of benzene rings is 2. The van der Waals surface area contributed by atoms with E-state index in [-0.39, 0.29) is 17.2 Å². The Balaban J connectivity index is 2.42. The summed E-state index contributed by atoms with van der Waals surface area (Å²) in [6, 6.07) is 7.35. The van der Waals surface area contributed by atoms with E-state index in [4.69, 9.17) is 13.7 Å². The number of ether oxygens (including phenoxy) is 3. The van der Waals surface area contributed by atoms with Crippen molar-refractivity contribution >= 4 is 27.9 Å². The smallest absolute Gasteiger partial charge is 0.343 e. The summed E-state index contributed by atoms with van der Waals surface area (Å²) in [7, 11) is -0.728. The predicted octanol–water partition coefficient (Wildman–Crippen LogP) is 2.57. The van der Waals surface area contributed by atoms with Crippen LogP contribution in [0.25, 0.3) is 6.08 Å². The van der Waals surface area contributed by atoms with E-state index < -0.39 is 31.6 Å². The molecule has 0 atom stereocenters. The van der Waals surface area contributed by atoms with Crippen molar-refractivity contribution in [2.45, 2.75) is 4.90 Å². The maximum atomic E-state index is 12.7. The molecule has 2 aromatic carbocycles. The summed E-state index contributed by atoms with van der Waals surface area (Å²) in [5.41, 5.74) is 0.0770. The van der Waals surface area contributed by atoms with Crippen LogP contribution in [-0.2, 0) is 19.6 Å². The average molecular weight is 423 g/mol. The number of hydrogen-bond acceptors (Lipinski definition) is 9. The highest BCUT2D eigenvalue weighted by atomic mass is 32.2. The molecule has 2 rings (SSSR count). The molecule has 0 aliphatic rings. The number of rotatable bonds is 8. The molecule has 0 spiro atoms. The van der Waals surface area contributed by atoms with Crippen molar-refractivity contribution in [3.05, 3.63) is 58.2 Å². The van der Waals surface area contributed by atoms with Gasteiger partial charge in [0.05, 0.1) is 26.3 Å². The first-order chi connectivity index (χ1) is 13.7. The van der Waals surface area contributed by atoms with Gasteiger partial charge in [0.1, 0.15) is 5.75 Å². The van der Waals surface area contributed by atoms with Crippen LogP contribution in [0.5, 0.6) is 17.2 Å². The molecule has 0 fully saturated rings. The summed E-state index contributed by atoms with van der Waals surface area (Å²) in [4.78, 5) is 20.9. The molecular formula is C18H17NO9S. The van der Waals surface area contributed by atoms with Crippen LogP contribution in [-0.4, -0.2) is 40.6 Å². The lowest BCUT2D eigenvalue weighted by atomic mass is 10.2. The molecule has 0 saturated carbocycles. The van der Waals surface area contributed by atoms with Crippen LogP contribution in [0.4, 0.5) is 5.69 Å². The summed E-state index contributed by atoms with van der Waals surface area (Å²) in [5, 5.41) is 11.0. The van der Waals surface area contributed by atoms with Gasteiger partial charge < -0.3 is 18.4 Å². The molecule has 2 aromatic rings. The molecule has 0 aliphatic carbocycles. The Labute approximate surface area is 166 Å². The number of carbonyl (C=O) groups is 1. The molecule has 154 valence electrons. The van der Waals surface area contributed by atoms with Crippen molar-refractivity contribution in [2.24, 2.45) is 0 Å². The zero-order valence-corrected chi connectivity index (χ0v) is 16.5. The average Bonchev–Trinajstić information content (AvgIpc) is 2.71. The van der Waals surface area contributed by atoms with Crippen LogP contribution in [0.3, 0.4) is 0 Å². The van der Waals surface area contributed by atoms with E-state index in [0.717, 1.165) is 18.2 Å². The summed E-state index contributed by atoms with van der Waals surface area (Å²) >= 11 is 0. The van der Waals surface area contributed by atoms with Gasteiger partial charge in [-0.15, -0.1) is 0 Å². The molecular weight excluding hydrogens is 406 g/mol. The van der Waals surface area contributed by atoms with Crippen molar-refractivity contribution in [3.63, 3.8) is 0 Å². The number of carbonyl (C=O) groups excluding carboxylic acids is 1. The molecule has 29 heavy (non-hydrogen) atoms. The Morgan fingerprint density at radius 3 is 2.24 bits per heavy atom. The maximum Gasteiger partial charge on any atom is 0.343 e. The fraction of sp³-hybridized carbons (Fsp3) is 0.167. The highest BCUT2D eigenvalue weighted by Gasteiger charge is 2.26. The molecule has 0 amide bonds. The second-order valence-electron chi connectivity index (χ2n) is 5.40. The topological polar surface area (TPSA) is 131 Å². The summed E-state index contributed by atoms with van der Waals surface area (Å²) in [5.74, 6) is -0.780. The van der Waals surface area contributed by atoms with Gasteiger partial charge in [-0.05, 0) is 29.8 Å². The molecule has 0 heterocycles. The van der Waals surface area contributed by atoms with Crippen LogP contribution in [0.15, 0.2) is 47.4 Å². The molecule has 0 unspecified atom stereocenters. The van der Waals surface area contributed by atoms with E-state index in [1.165, 1.54) is 51.7 Å². The van der Waals surface area contributed by atoms with Crippen LogP contribution >= 0.6 is 0 Å². The standard InChI is InChI=1S/C18H17NO9S/c1-25-15-8-6-13(19(21)22)11-17(15)29(23,24)28-14-7-4-12(10-16(14)26-2)5-9-18(20)27-3/h4-11H,1-3H3/b9-5+. The lowest BCUT2D eigenvalue weighted by Crippen LogP contribution is -2.12. The second-order valence-corrected chi connectivity index (χ2v) is 6.91. The molecule has 0 aromatic heterocycles. The number of nitro benzene ring substituents is 1. The molecule has 0 N–H and O–H groups in total. The van der Waals surface area contributed by atoms with Gasteiger partial charge in [-0.2, -0.15) is 8.42 Å². The normalized spacial score (nSPS) is 11.1. The number of esters is 1. The predicted molar refractivity (Wildman–Crippen MR) is 102 cm³/mol. The number of methoxy groups -OCH3 is 3. The Kier molecular flexibility index (Phi) is 6.78. The Bertz CT molecular complexity index is 1060. The van der Waals surface area contributed by atoms with Crippen LogP contribution in [0.1, 0.15) is 5.56 Å². The number of nitro groups is 1. The molecule has 11 heteroatoms. The van der Waals surface area contributed by atoms with Gasteiger partial charge in [0.15, 0.2) is 16.4 Å². The van der Waals surface area contributed by atoms with Gasteiger partial charge in [0.2, 0.25) is 0 Å². The summed E-state index contributed by atoms with van der Waals surface area (Å²) < 4.78 is 45.1. The van der Waals surface area contributed by atoms with Gasteiger partial charge in [0.25, 0.3) is 5.69 Å². The number of nitrogens with zero attached hydrogens (tertiary/aromatic N) is 1. The first kappa shape index (κ1) is 21.7. The monoisotopic (exact) mass is 423 g/mol. The van der Waals surface area contributed by atoms with Gasteiger partial charge in [0, 0.05) is 18.2 Å². The van der Waals surface area contributed by atoms with E-state index in [9.17, 15) is 23.3 Å². The third-order valence-corrected chi connectivity index (χ3v) is 4.88. The van der Waals surface area contributed by atoms with E-state index in [2.05, 4.69) is 4.74 Å². The van der Waals surface area contributed by atoms with Gasteiger partial charge >= 0.3 is 16.1 Å².